The second-order valence-electron chi connectivity index (χ2n) is 0.597. The fourth-order valence-electron chi connectivity index (χ4n) is 0.144. The van der Waals surface area contributed by atoms with E-state index in [1.54, 1.807) is 0 Å². The second kappa shape index (κ2) is 0.839. The second-order valence-corrected chi connectivity index (χ2v) is 0.597. The average molecular weight is 70.1 g/mol. The van der Waals surface area contributed by atoms with Crippen molar-refractivity contribution in [3.05, 3.63) is 12.6 Å². The maximum absolute atomic E-state index is 6.65. The Kier molecular flexibility index (Phi) is 0.259. The third-order valence-electron chi connectivity index (χ3n) is 0.295. The van der Waals surface area contributed by atoms with Gasteiger partial charge in [0.1, 0.15) is 14.0 Å². The first-order valence-electron chi connectivity index (χ1n) is 1.71. The summed E-state index contributed by atoms with van der Waals surface area (Å²) >= 11 is 0. The van der Waals surface area contributed by atoms with E-state index in [1.807, 2.05) is 0 Å². The van der Waals surface area contributed by atoms with Crippen LogP contribution in [0.15, 0.2) is 12.6 Å². The van der Waals surface area contributed by atoms with E-state index < -0.39 is 0 Å². The predicted octanol–water partition coefficient (Wildman–Crippen LogP) is -0.195. The van der Waals surface area contributed by atoms with Gasteiger partial charge < -0.3 is 0 Å². The fourth-order valence-corrected chi connectivity index (χ4v) is 0.144. The summed E-state index contributed by atoms with van der Waals surface area (Å²) in [5.74, 6) is 0. The molecule has 3 nitrogen and oxygen atoms in total. The molecule has 0 saturated carbocycles. The number of aromatic amines is 1. The number of H-pyrrole nitrogens is 1. The van der Waals surface area contributed by atoms with Crippen molar-refractivity contribution in [1.29, 1.82) is 0 Å². The van der Waals surface area contributed by atoms with Crippen molar-refractivity contribution in [3.63, 3.8) is 0 Å². The molecule has 0 amide bonds. The van der Waals surface area contributed by atoms with Gasteiger partial charge in [-0.05, 0) is 0 Å². The first kappa shape index (κ1) is 1.55. The molecule has 0 aliphatic carbocycles. The van der Waals surface area contributed by atoms with E-state index >= 15 is 0 Å². The quantitative estimate of drug-likeness (QED) is 0.459. The molecular weight excluding hydrogens is 66.0 g/mol. The predicted molar refractivity (Wildman–Crippen MR) is 16.4 cm³/mol. The zero-order valence-electron chi connectivity index (χ0n) is 3.47. The van der Waals surface area contributed by atoms with E-state index in [0.29, 0.717) is 0 Å². The summed E-state index contributed by atoms with van der Waals surface area (Å²) in [6.07, 6.45) is 1.40. The Hall–Kier alpha value is -0.860. The first-order valence-corrected chi connectivity index (χ1v) is 1.21. The number of hydrogen-bond donors (Lipinski definition) is 1. The Bertz CT molecular complexity index is 112. The SMILES string of the molecule is [2H]c1ncn[nH]1. The molecule has 0 saturated heterocycles. The van der Waals surface area contributed by atoms with Gasteiger partial charge in [0.25, 0.3) is 0 Å². The van der Waals surface area contributed by atoms with Gasteiger partial charge in [-0.3, -0.25) is 5.10 Å². The van der Waals surface area contributed by atoms with Crippen LogP contribution in [0.4, 0.5) is 0 Å². The van der Waals surface area contributed by atoms with Crippen LogP contribution in [0.2, 0.25) is 0 Å². The normalized spacial score (nSPS) is 10.8. The molecule has 5 heavy (non-hydrogen) atoms. The van der Waals surface area contributed by atoms with Crippen LogP contribution in [0.25, 0.3) is 0 Å². The fraction of sp³-hybridized carbons (Fsp3) is 0. The van der Waals surface area contributed by atoms with E-state index in [2.05, 4.69) is 15.2 Å². The maximum atomic E-state index is 6.65. The third kappa shape index (κ3) is 0.238. The Balaban J connectivity index is 3.05. The highest BCUT2D eigenvalue weighted by Gasteiger charge is 1.57. The lowest BCUT2D eigenvalue weighted by molar-refractivity contribution is 1.09. The lowest BCUT2D eigenvalue weighted by Crippen LogP contribution is -1.53. The minimum absolute atomic E-state index is 0.106. The Morgan fingerprint density at radius 2 is 3.00 bits per heavy atom. The van der Waals surface area contributed by atoms with Crippen molar-refractivity contribution in [1.82, 2.24) is 15.2 Å². The highest BCUT2D eigenvalue weighted by atomic mass is 15.2. The molecule has 1 heterocycles. The van der Waals surface area contributed by atoms with Gasteiger partial charge in [-0.25, -0.2) is 4.98 Å². The van der Waals surface area contributed by atoms with Crippen molar-refractivity contribution in [2.75, 3.05) is 0 Å². The molecule has 0 bridgehead atoms. The molecule has 0 spiro atoms. The van der Waals surface area contributed by atoms with E-state index in [1.165, 1.54) is 6.33 Å². The molecule has 1 rings (SSSR count). The van der Waals surface area contributed by atoms with Crippen LogP contribution >= 0.6 is 0 Å². The first-order chi connectivity index (χ1) is 2.89. The number of aromatic nitrogens is 3. The lowest BCUT2D eigenvalue weighted by Gasteiger charge is -1.46. The minimum Gasteiger partial charge on any atom is -0.266 e. The van der Waals surface area contributed by atoms with Crippen molar-refractivity contribution in [2.45, 2.75) is 0 Å². The van der Waals surface area contributed by atoms with E-state index in [-0.39, 0.29) is 6.30 Å². The molecule has 0 radical (unpaired) electrons. The molecule has 3 heteroatoms. The molecule has 0 fully saturated rings. The largest absolute Gasteiger partial charge is 0.266 e. The van der Waals surface area contributed by atoms with Crippen molar-refractivity contribution in [3.8, 4) is 0 Å². The summed E-state index contributed by atoms with van der Waals surface area (Å²) in [6.45, 7) is 0. The molecule has 1 aromatic rings. The van der Waals surface area contributed by atoms with Gasteiger partial charge in [0.2, 0.25) is 0 Å². The summed E-state index contributed by atoms with van der Waals surface area (Å²) in [4.78, 5) is 3.42. The smallest absolute Gasteiger partial charge is 0.137 e. The molecular formula is C2H3N3. The van der Waals surface area contributed by atoms with Crippen LogP contribution in [0.3, 0.4) is 0 Å². The van der Waals surface area contributed by atoms with Crippen LogP contribution in [-0.2, 0) is 0 Å². The summed E-state index contributed by atoms with van der Waals surface area (Å²) in [6, 6.07) is 0. The molecule has 0 aromatic carbocycles. The van der Waals surface area contributed by atoms with Crippen LogP contribution in [0.1, 0.15) is 1.37 Å². The number of hydrogen-bond acceptors (Lipinski definition) is 2. The summed E-state index contributed by atoms with van der Waals surface area (Å²) < 4.78 is 6.65. The van der Waals surface area contributed by atoms with Crippen LogP contribution in [0.5, 0.6) is 0 Å². The van der Waals surface area contributed by atoms with Gasteiger partial charge in [0, 0.05) is 0 Å². The molecule has 1 aromatic heterocycles. The number of nitrogens with one attached hydrogen (secondary N) is 1. The molecule has 0 unspecified atom stereocenters. The highest BCUT2D eigenvalue weighted by molar-refractivity contribution is 4.43. The Morgan fingerprint density at radius 1 is 2.00 bits per heavy atom. The standard InChI is InChI=1S/C2H3N3/c1-3-2-5-4-1/h1-2H,(H,3,4,5)/i1D. The van der Waals surface area contributed by atoms with Crippen molar-refractivity contribution in [2.24, 2.45) is 0 Å². The Morgan fingerprint density at radius 3 is 3.20 bits per heavy atom. The summed E-state index contributed by atoms with van der Waals surface area (Å²) in [5, 5.41) is 5.70. The van der Waals surface area contributed by atoms with Crippen LogP contribution in [-0.4, -0.2) is 15.2 Å². The topological polar surface area (TPSA) is 41.6 Å². The van der Waals surface area contributed by atoms with Crippen LogP contribution in [0, 0.1) is 0 Å². The zero-order valence-corrected chi connectivity index (χ0v) is 2.47. The van der Waals surface area contributed by atoms with E-state index in [0.717, 1.165) is 0 Å². The van der Waals surface area contributed by atoms with Gasteiger partial charge in [0.05, 0.1) is 0 Å². The molecule has 26 valence electrons. The van der Waals surface area contributed by atoms with E-state index in [9.17, 15) is 0 Å². The molecule has 0 aliphatic rings. The Labute approximate surface area is 30.5 Å². The molecule has 0 aliphatic heterocycles. The number of nitrogens with zero attached hydrogens (tertiary/aromatic N) is 2. The minimum atomic E-state index is 0.106. The third-order valence-corrected chi connectivity index (χ3v) is 0.295. The molecule has 0 atom stereocenters. The zero-order chi connectivity index (χ0) is 4.41. The highest BCUT2D eigenvalue weighted by Crippen LogP contribution is 1.53. The van der Waals surface area contributed by atoms with E-state index in [4.69, 9.17) is 1.37 Å². The molecule has 1 N–H and O–H groups in total. The number of rotatable bonds is 0. The average Bonchev–Trinajstić information content (AvgIpc) is 1.86. The lowest BCUT2D eigenvalue weighted by atomic mass is 11.3. The monoisotopic (exact) mass is 70.0 g/mol. The van der Waals surface area contributed by atoms with Crippen LogP contribution < -0.4 is 0 Å². The van der Waals surface area contributed by atoms with Gasteiger partial charge in [-0.1, -0.05) is 0 Å². The van der Waals surface area contributed by atoms with Gasteiger partial charge in [0.15, 0.2) is 0 Å². The summed E-state index contributed by atoms with van der Waals surface area (Å²) in [7, 11) is 0. The van der Waals surface area contributed by atoms with Crippen molar-refractivity contribution < 1.29 is 1.37 Å². The maximum Gasteiger partial charge on any atom is 0.137 e. The van der Waals surface area contributed by atoms with Gasteiger partial charge >= 0.3 is 0 Å². The van der Waals surface area contributed by atoms with Gasteiger partial charge in [-0.2, -0.15) is 5.10 Å². The summed E-state index contributed by atoms with van der Waals surface area (Å²) in [5.41, 5.74) is 0. The van der Waals surface area contributed by atoms with Crippen molar-refractivity contribution >= 4 is 0 Å². The van der Waals surface area contributed by atoms with Gasteiger partial charge in [-0.15, -0.1) is 0 Å².